The van der Waals surface area contributed by atoms with Crippen LogP contribution in [0.3, 0.4) is 0 Å². The summed E-state index contributed by atoms with van der Waals surface area (Å²) in [7, 11) is 0. The van der Waals surface area contributed by atoms with Gasteiger partial charge in [-0.3, -0.25) is 0 Å². The van der Waals surface area contributed by atoms with E-state index in [0.29, 0.717) is 6.04 Å². The summed E-state index contributed by atoms with van der Waals surface area (Å²) in [6.45, 7) is 0. The standard InChI is InChI=1S/C6H5.Li/c1-2-4-6-5-3-1;/h1-5H;/q-1;+1/i1D;. The molecule has 0 atom stereocenters. The molecule has 0 N–H and O–H groups in total. The van der Waals surface area contributed by atoms with E-state index < -0.39 is 0 Å². The molecule has 1 heteroatoms. The summed E-state index contributed by atoms with van der Waals surface area (Å²) >= 11 is 0. The van der Waals surface area contributed by atoms with Crippen LogP contribution in [0, 0.1) is 6.07 Å². The fraction of sp³-hybridized carbons (Fsp3) is 0. The Bertz CT molecular complexity index is 138. The Kier molecular flexibility index (Phi) is 2.83. The van der Waals surface area contributed by atoms with Crippen molar-refractivity contribution in [2.75, 3.05) is 0 Å². The molecule has 0 aliphatic rings. The second-order valence-corrected chi connectivity index (χ2v) is 1.00. The van der Waals surface area contributed by atoms with Gasteiger partial charge >= 0.3 is 18.9 Å². The Morgan fingerprint density at radius 3 is 2.14 bits per heavy atom. The molecule has 30 valence electrons. The Balaban J connectivity index is 0.000000490. The van der Waals surface area contributed by atoms with E-state index in [-0.39, 0.29) is 18.9 Å². The molecule has 0 heterocycles. The molecule has 0 nitrogen and oxygen atoms in total. The van der Waals surface area contributed by atoms with Gasteiger partial charge in [-0.15, -0.1) is 0 Å². The predicted molar refractivity (Wildman–Crippen MR) is 25.3 cm³/mol. The van der Waals surface area contributed by atoms with Crippen molar-refractivity contribution in [3.63, 3.8) is 0 Å². The quantitative estimate of drug-likeness (QED) is 0.265. The van der Waals surface area contributed by atoms with Crippen LogP contribution < -0.4 is 18.9 Å². The van der Waals surface area contributed by atoms with Gasteiger partial charge in [-0.1, -0.05) is 0 Å². The normalized spacial score (nSPS) is 8.86. The van der Waals surface area contributed by atoms with Gasteiger partial charge in [-0.25, -0.2) is 0 Å². The Morgan fingerprint density at radius 2 is 1.86 bits per heavy atom. The van der Waals surface area contributed by atoms with Crippen LogP contribution in [0.4, 0.5) is 0 Å². The van der Waals surface area contributed by atoms with Gasteiger partial charge < -0.3 is 0 Å². The van der Waals surface area contributed by atoms with Crippen LogP contribution in [0.5, 0.6) is 0 Å². The molecule has 0 spiro atoms. The van der Waals surface area contributed by atoms with Gasteiger partial charge in [0.1, 0.15) is 0 Å². The first-order chi connectivity index (χ1) is 3.39. The van der Waals surface area contributed by atoms with E-state index in [0.717, 1.165) is 0 Å². The van der Waals surface area contributed by atoms with E-state index in [1.807, 2.05) is 0 Å². The number of hydrogen-bond donors (Lipinski definition) is 0. The first kappa shape index (κ1) is 4.96. The summed E-state index contributed by atoms with van der Waals surface area (Å²) in [6, 6.07) is 10.2. The molecule has 0 aliphatic heterocycles. The Hall–Kier alpha value is -0.183. The molecular formula is C6H5Li. The maximum absolute atomic E-state index is 6.98. The molecule has 1 aromatic carbocycles. The summed E-state index contributed by atoms with van der Waals surface area (Å²) in [4.78, 5) is 0. The van der Waals surface area contributed by atoms with Crippen molar-refractivity contribution in [1.82, 2.24) is 0 Å². The largest absolute Gasteiger partial charge is 1.00 e. The van der Waals surface area contributed by atoms with Gasteiger partial charge in [0.15, 0.2) is 0 Å². The third kappa shape index (κ3) is 2.50. The first-order valence-electron chi connectivity index (χ1n) is 2.32. The fourth-order valence-corrected chi connectivity index (χ4v) is 0.304. The van der Waals surface area contributed by atoms with E-state index >= 15 is 0 Å². The van der Waals surface area contributed by atoms with Crippen LogP contribution in [0.1, 0.15) is 1.37 Å². The minimum atomic E-state index is 0. The molecule has 1 rings (SSSR count). The zero-order valence-corrected chi connectivity index (χ0v) is 4.31. The number of hydrogen-bond acceptors (Lipinski definition) is 0. The topological polar surface area (TPSA) is 0 Å². The van der Waals surface area contributed by atoms with Gasteiger partial charge in [0.05, 0.1) is 0 Å². The average molecular weight is 85.1 g/mol. The summed E-state index contributed by atoms with van der Waals surface area (Å²) in [5.74, 6) is 0. The molecule has 0 aliphatic carbocycles. The van der Waals surface area contributed by atoms with Crippen LogP contribution in [-0.4, -0.2) is 0 Å². The van der Waals surface area contributed by atoms with E-state index in [4.69, 9.17) is 1.37 Å². The first-order valence-corrected chi connectivity index (χ1v) is 1.82. The molecule has 0 unspecified atom stereocenters. The minimum Gasteiger partial charge on any atom is -0.184 e. The molecule has 0 bridgehead atoms. The smallest absolute Gasteiger partial charge is 0.184 e. The molecular weight excluding hydrogens is 79.0 g/mol. The van der Waals surface area contributed by atoms with Crippen LogP contribution in [0.25, 0.3) is 0 Å². The van der Waals surface area contributed by atoms with Crippen molar-refractivity contribution in [2.45, 2.75) is 0 Å². The van der Waals surface area contributed by atoms with Crippen LogP contribution in [-0.2, 0) is 0 Å². The molecule has 0 aromatic heterocycles. The second-order valence-electron chi connectivity index (χ2n) is 1.00. The van der Waals surface area contributed by atoms with Gasteiger partial charge in [0.25, 0.3) is 0 Å². The zero-order chi connectivity index (χ0) is 5.11. The Morgan fingerprint density at radius 1 is 1.29 bits per heavy atom. The second kappa shape index (κ2) is 3.99. The predicted octanol–water partition coefficient (Wildman–Crippen LogP) is -1.51. The van der Waals surface area contributed by atoms with E-state index in [2.05, 4.69) is 6.07 Å². The fourth-order valence-electron chi connectivity index (χ4n) is 0.304. The van der Waals surface area contributed by atoms with Gasteiger partial charge in [0, 0.05) is 1.37 Å². The Labute approximate surface area is 57.1 Å². The van der Waals surface area contributed by atoms with E-state index in [9.17, 15) is 0 Å². The van der Waals surface area contributed by atoms with E-state index in [1.54, 1.807) is 24.3 Å². The maximum Gasteiger partial charge on any atom is 1.00 e. The third-order valence-corrected chi connectivity index (χ3v) is 0.552. The molecule has 0 amide bonds. The van der Waals surface area contributed by atoms with Crippen molar-refractivity contribution in [2.24, 2.45) is 0 Å². The summed E-state index contributed by atoms with van der Waals surface area (Å²) < 4.78 is 6.98. The molecule has 0 fully saturated rings. The molecule has 7 heavy (non-hydrogen) atoms. The van der Waals surface area contributed by atoms with Crippen LogP contribution in [0.15, 0.2) is 30.3 Å². The molecule has 1 aromatic rings. The summed E-state index contributed by atoms with van der Waals surface area (Å²) in [6.07, 6.45) is 0. The average Bonchev–Trinajstić information content (AvgIpc) is 1.69. The van der Waals surface area contributed by atoms with Gasteiger partial charge in [0.2, 0.25) is 0 Å². The maximum atomic E-state index is 6.98. The third-order valence-electron chi connectivity index (χ3n) is 0.552. The van der Waals surface area contributed by atoms with Crippen molar-refractivity contribution in [3.05, 3.63) is 36.4 Å². The van der Waals surface area contributed by atoms with Gasteiger partial charge in [-0.2, -0.15) is 36.4 Å². The number of benzene rings is 1. The SMILES string of the molecule is [2H]c1cc[c-]cc1.[Li+]. The molecule has 0 saturated heterocycles. The van der Waals surface area contributed by atoms with Crippen LogP contribution >= 0.6 is 0 Å². The van der Waals surface area contributed by atoms with Crippen molar-refractivity contribution in [1.29, 1.82) is 0 Å². The van der Waals surface area contributed by atoms with Crippen molar-refractivity contribution < 1.29 is 20.2 Å². The van der Waals surface area contributed by atoms with Crippen molar-refractivity contribution >= 4 is 0 Å². The number of rotatable bonds is 0. The molecule has 0 saturated carbocycles. The van der Waals surface area contributed by atoms with Crippen molar-refractivity contribution in [3.8, 4) is 0 Å². The van der Waals surface area contributed by atoms with E-state index in [1.165, 1.54) is 0 Å². The monoisotopic (exact) mass is 85.1 g/mol. The van der Waals surface area contributed by atoms with Gasteiger partial charge in [-0.05, 0) is 0 Å². The van der Waals surface area contributed by atoms with Crippen LogP contribution in [0.2, 0.25) is 0 Å². The zero-order valence-electron chi connectivity index (χ0n) is 5.31. The molecule has 0 radical (unpaired) electrons. The summed E-state index contributed by atoms with van der Waals surface area (Å²) in [5, 5.41) is 0. The minimum absolute atomic E-state index is 0. The summed E-state index contributed by atoms with van der Waals surface area (Å²) in [5.41, 5.74) is 0.